The average molecular weight is 272 g/mol. The minimum atomic E-state index is -0.872. The molecule has 1 aliphatic rings. The maximum Gasteiger partial charge on any atom is 0.306 e. The van der Waals surface area contributed by atoms with Crippen LogP contribution in [-0.4, -0.2) is 23.0 Å². The molecule has 0 bridgehead atoms. The van der Waals surface area contributed by atoms with Gasteiger partial charge in [-0.25, -0.2) is 0 Å². The average Bonchev–Trinajstić information content (AvgIpc) is 2.83. The van der Waals surface area contributed by atoms with Gasteiger partial charge in [-0.3, -0.25) is 9.00 Å². The van der Waals surface area contributed by atoms with Crippen molar-refractivity contribution < 1.29 is 13.7 Å². The van der Waals surface area contributed by atoms with E-state index in [1.54, 1.807) is 11.3 Å². The Labute approximate surface area is 108 Å². The number of ether oxygens (including phenoxy) is 1. The summed E-state index contributed by atoms with van der Waals surface area (Å²) < 4.78 is 16.7. The third-order valence-corrected chi connectivity index (χ3v) is 5.68. The highest BCUT2D eigenvalue weighted by Gasteiger charge is 2.45. The smallest absolute Gasteiger partial charge is 0.306 e. The largest absolute Gasteiger partial charge is 0.469 e. The van der Waals surface area contributed by atoms with E-state index in [0.29, 0.717) is 17.9 Å². The third-order valence-electron chi connectivity index (χ3n) is 3.05. The highest BCUT2D eigenvalue weighted by Crippen LogP contribution is 2.49. The number of carbonyl (C=O) groups excluding carboxylic acids is 1. The normalized spacial score (nSPS) is 18.6. The lowest BCUT2D eigenvalue weighted by Crippen LogP contribution is -2.18. The molecule has 3 nitrogen and oxygen atoms in total. The minimum absolute atomic E-state index is 0.0325. The van der Waals surface area contributed by atoms with E-state index in [2.05, 4.69) is 4.74 Å². The zero-order valence-electron chi connectivity index (χ0n) is 9.81. The van der Waals surface area contributed by atoms with Gasteiger partial charge in [0.2, 0.25) is 0 Å². The van der Waals surface area contributed by atoms with Crippen molar-refractivity contribution in [2.45, 2.75) is 25.0 Å². The number of hydrogen-bond donors (Lipinski definition) is 0. The molecule has 94 valence electrons. The number of carbonyl (C=O) groups is 1. The van der Waals surface area contributed by atoms with Gasteiger partial charge in [0.25, 0.3) is 0 Å². The first kappa shape index (κ1) is 12.8. The van der Waals surface area contributed by atoms with Gasteiger partial charge in [0, 0.05) is 21.4 Å². The topological polar surface area (TPSA) is 43.4 Å². The number of hydrogen-bond acceptors (Lipinski definition) is 4. The van der Waals surface area contributed by atoms with Gasteiger partial charge < -0.3 is 4.74 Å². The molecule has 1 heterocycles. The fourth-order valence-electron chi connectivity index (χ4n) is 1.87. The standard InChI is InChI=1S/C12H16O3S2/c1-15-11(13)7-12(4-5-12)9-17(14)8-10-3-2-6-16-10/h2-3,6H,4-5,7-9H2,1H3. The summed E-state index contributed by atoms with van der Waals surface area (Å²) in [7, 11) is 0.532. The Balaban J connectivity index is 1.84. The van der Waals surface area contributed by atoms with Gasteiger partial charge in [0.05, 0.1) is 19.3 Å². The molecule has 0 amide bonds. The van der Waals surface area contributed by atoms with Crippen LogP contribution in [0.2, 0.25) is 0 Å². The van der Waals surface area contributed by atoms with Crippen molar-refractivity contribution in [2.75, 3.05) is 12.9 Å². The molecule has 0 aromatic carbocycles. The summed E-state index contributed by atoms with van der Waals surface area (Å²) in [6, 6.07) is 3.97. The van der Waals surface area contributed by atoms with E-state index in [0.717, 1.165) is 17.7 Å². The van der Waals surface area contributed by atoms with Crippen LogP contribution in [0.15, 0.2) is 17.5 Å². The Morgan fingerprint density at radius 2 is 2.35 bits per heavy atom. The molecule has 2 rings (SSSR count). The van der Waals surface area contributed by atoms with E-state index in [9.17, 15) is 9.00 Å². The van der Waals surface area contributed by atoms with Gasteiger partial charge in [0.1, 0.15) is 0 Å². The lowest BCUT2D eigenvalue weighted by Gasteiger charge is -2.12. The van der Waals surface area contributed by atoms with E-state index >= 15 is 0 Å². The summed E-state index contributed by atoms with van der Waals surface area (Å²) in [4.78, 5) is 12.4. The molecule has 1 unspecified atom stereocenters. The maximum atomic E-state index is 12.0. The van der Waals surface area contributed by atoms with Crippen LogP contribution < -0.4 is 0 Å². The Morgan fingerprint density at radius 1 is 1.59 bits per heavy atom. The second kappa shape index (κ2) is 5.31. The van der Waals surface area contributed by atoms with E-state index in [1.807, 2.05) is 17.5 Å². The van der Waals surface area contributed by atoms with Crippen molar-refractivity contribution in [3.8, 4) is 0 Å². The fourth-order valence-corrected chi connectivity index (χ4v) is 4.62. The molecule has 17 heavy (non-hydrogen) atoms. The van der Waals surface area contributed by atoms with Crippen molar-refractivity contribution in [1.82, 2.24) is 0 Å². The van der Waals surface area contributed by atoms with Gasteiger partial charge in [-0.15, -0.1) is 11.3 Å². The van der Waals surface area contributed by atoms with E-state index < -0.39 is 10.8 Å². The predicted molar refractivity (Wildman–Crippen MR) is 69.3 cm³/mol. The van der Waals surface area contributed by atoms with Crippen molar-refractivity contribution in [2.24, 2.45) is 5.41 Å². The summed E-state index contributed by atoms with van der Waals surface area (Å²) in [5, 5.41) is 1.99. The van der Waals surface area contributed by atoms with Crippen molar-refractivity contribution in [3.63, 3.8) is 0 Å². The number of esters is 1. The molecule has 5 heteroatoms. The van der Waals surface area contributed by atoms with Gasteiger partial charge in [0.15, 0.2) is 0 Å². The monoisotopic (exact) mass is 272 g/mol. The van der Waals surface area contributed by atoms with Crippen LogP contribution in [0.3, 0.4) is 0 Å². The number of methoxy groups -OCH3 is 1. The highest BCUT2D eigenvalue weighted by atomic mass is 32.2. The van der Waals surface area contributed by atoms with E-state index in [-0.39, 0.29) is 11.4 Å². The maximum absolute atomic E-state index is 12.0. The second-order valence-corrected chi connectivity index (χ2v) is 7.05. The first-order valence-electron chi connectivity index (χ1n) is 5.58. The Bertz CT molecular complexity index is 407. The summed E-state index contributed by atoms with van der Waals surface area (Å²) in [5.41, 5.74) is -0.0325. The fraction of sp³-hybridized carbons (Fsp3) is 0.583. The molecule has 0 N–H and O–H groups in total. The molecule has 0 spiro atoms. The minimum Gasteiger partial charge on any atom is -0.469 e. The zero-order chi connectivity index (χ0) is 12.3. The van der Waals surface area contributed by atoms with Crippen molar-refractivity contribution in [1.29, 1.82) is 0 Å². The predicted octanol–water partition coefficient (Wildman–Crippen LogP) is 2.34. The van der Waals surface area contributed by atoms with Crippen molar-refractivity contribution in [3.05, 3.63) is 22.4 Å². The highest BCUT2D eigenvalue weighted by molar-refractivity contribution is 7.84. The molecular weight excluding hydrogens is 256 g/mol. The summed E-state index contributed by atoms with van der Waals surface area (Å²) in [6.45, 7) is 0. The molecule has 0 aliphatic heterocycles. The quantitative estimate of drug-likeness (QED) is 0.747. The molecule has 1 saturated carbocycles. The summed E-state index contributed by atoms with van der Waals surface area (Å²) in [5.74, 6) is 1.05. The molecule has 1 atom stereocenters. The Hall–Kier alpha value is -0.680. The summed E-state index contributed by atoms with van der Waals surface area (Å²) in [6.07, 6.45) is 2.41. The van der Waals surface area contributed by atoms with Crippen LogP contribution in [0.1, 0.15) is 24.1 Å². The molecule has 1 aromatic heterocycles. The molecular formula is C12H16O3S2. The second-order valence-electron chi connectivity index (χ2n) is 4.56. The lowest BCUT2D eigenvalue weighted by atomic mass is 10.1. The molecule has 0 radical (unpaired) electrons. The molecule has 0 saturated heterocycles. The summed E-state index contributed by atoms with van der Waals surface area (Å²) >= 11 is 1.63. The lowest BCUT2D eigenvalue weighted by molar-refractivity contribution is -0.141. The Morgan fingerprint density at radius 3 is 2.88 bits per heavy atom. The zero-order valence-corrected chi connectivity index (χ0v) is 11.4. The molecule has 1 aromatic rings. The van der Waals surface area contributed by atoms with Crippen molar-refractivity contribution >= 4 is 28.1 Å². The Kier molecular flexibility index (Phi) is 3.99. The van der Waals surface area contributed by atoms with Gasteiger partial charge >= 0.3 is 5.97 Å². The van der Waals surface area contributed by atoms with Crippen LogP contribution in [-0.2, 0) is 26.1 Å². The van der Waals surface area contributed by atoms with Crippen LogP contribution in [0.4, 0.5) is 0 Å². The van der Waals surface area contributed by atoms with E-state index in [4.69, 9.17) is 0 Å². The molecule has 1 fully saturated rings. The number of rotatable bonds is 6. The van der Waals surface area contributed by atoms with Crippen LogP contribution in [0, 0.1) is 5.41 Å². The SMILES string of the molecule is COC(=O)CC1(CS(=O)Cc2cccs2)CC1. The van der Waals surface area contributed by atoms with E-state index in [1.165, 1.54) is 7.11 Å². The van der Waals surface area contributed by atoms with Crippen LogP contribution >= 0.6 is 11.3 Å². The van der Waals surface area contributed by atoms with Crippen LogP contribution in [0.25, 0.3) is 0 Å². The first-order chi connectivity index (χ1) is 8.13. The molecule has 1 aliphatic carbocycles. The third kappa shape index (κ3) is 3.64. The van der Waals surface area contributed by atoms with Gasteiger partial charge in [-0.2, -0.15) is 0 Å². The number of thiophene rings is 1. The first-order valence-corrected chi connectivity index (χ1v) is 7.94. The van der Waals surface area contributed by atoms with Crippen LogP contribution in [0.5, 0.6) is 0 Å². The van der Waals surface area contributed by atoms with Gasteiger partial charge in [-0.05, 0) is 29.7 Å². The van der Waals surface area contributed by atoms with Gasteiger partial charge in [-0.1, -0.05) is 6.07 Å².